The molecule has 0 heterocycles. The lowest BCUT2D eigenvalue weighted by Gasteiger charge is -2.17. The molecule has 1 atom stereocenters. The second kappa shape index (κ2) is 9.74. The molecule has 0 aromatic heterocycles. The highest BCUT2D eigenvalue weighted by atomic mass is 19.1. The van der Waals surface area contributed by atoms with Crippen molar-refractivity contribution in [3.05, 3.63) is 89.2 Å². The maximum atomic E-state index is 14.5. The van der Waals surface area contributed by atoms with E-state index in [0.717, 1.165) is 28.3 Å². The van der Waals surface area contributed by atoms with Crippen LogP contribution < -0.4 is 10.6 Å². The molecule has 174 valence electrons. The van der Waals surface area contributed by atoms with E-state index in [9.17, 15) is 18.8 Å². The average Bonchev–Trinajstić information content (AvgIpc) is 3.12. The number of halogens is 1. The highest BCUT2D eigenvalue weighted by Gasteiger charge is 2.29. The van der Waals surface area contributed by atoms with E-state index in [-0.39, 0.29) is 30.2 Å². The Morgan fingerprint density at radius 3 is 2.21 bits per heavy atom. The lowest BCUT2D eigenvalue weighted by molar-refractivity contribution is -0.137. The minimum Gasteiger partial charge on any atom is -0.481 e. The van der Waals surface area contributed by atoms with Crippen LogP contribution in [0.2, 0.25) is 0 Å². The van der Waals surface area contributed by atoms with Crippen molar-refractivity contribution in [2.75, 3.05) is 11.9 Å². The second-order valence-electron chi connectivity index (χ2n) is 8.09. The molecule has 1 aliphatic rings. The fourth-order valence-electron chi connectivity index (χ4n) is 4.19. The summed E-state index contributed by atoms with van der Waals surface area (Å²) in [6.45, 7) is 1.55. The molecule has 2 amide bonds. The van der Waals surface area contributed by atoms with Crippen molar-refractivity contribution in [2.24, 2.45) is 0 Å². The molecule has 8 heteroatoms. The lowest BCUT2D eigenvalue weighted by Crippen LogP contribution is -2.35. The standard InChI is InChI=1S/C26H23FN2O5/c1-15(13-23(30)31)28-25(32)20-11-6-12-22(27)24(20)29-26(33)34-14-21-18-9-4-2-7-16(18)17-8-3-5-10-19(17)21/h2-12,15,21H,13-14H2,1H3,(H,28,32)(H,29,33)(H,30,31). The van der Waals surface area contributed by atoms with E-state index in [1.54, 1.807) is 0 Å². The molecule has 0 aliphatic heterocycles. The van der Waals surface area contributed by atoms with Crippen LogP contribution >= 0.6 is 0 Å². The third kappa shape index (κ3) is 4.76. The van der Waals surface area contributed by atoms with Crippen LogP contribution in [0.3, 0.4) is 0 Å². The number of benzene rings is 3. The molecule has 1 unspecified atom stereocenters. The predicted octanol–water partition coefficient (Wildman–Crippen LogP) is 4.78. The molecule has 0 spiro atoms. The number of fused-ring (bicyclic) bond motifs is 3. The Bertz CT molecular complexity index is 1210. The van der Waals surface area contributed by atoms with Gasteiger partial charge in [0.25, 0.3) is 5.91 Å². The third-order valence-electron chi connectivity index (χ3n) is 5.69. The molecule has 3 aromatic carbocycles. The lowest BCUT2D eigenvalue weighted by atomic mass is 9.98. The van der Waals surface area contributed by atoms with Gasteiger partial charge in [-0.15, -0.1) is 0 Å². The number of para-hydroxylation sites is 1. The van der Waals surface area contributed by atoms with Gasteiger partial charge in [0, 0.05) is 12.0 Å². The summed E-state index contributed by atoms with van der Waals surface area (Å²) in [7, 11) is 0. The van der Waals surface area contributed by atoms with Gasteiger partial charge in [-0.05, 0) is 41.3 Å². The Morgan fingerprint density at radius 2 is 1.59 bits per heavy atom. The van der Waals surface area contributed by atoms with Gasteiger partial charge in [-0.2, -0.15) is 0 Å². The zero-order chi connectivity index (χ0) is 24.2. The van der Waals surface area contributed by atoms with Crippen LogP contribution in [-0.2, 0) is 9.53 Å². The van der Waals surface area contributed by atoms with E-state index < -0.39 is 29.8 Å². The summed E-state index contributed by atoms with van der Waals surface area (Å²) in [4.78, 5) is 36.0. The van der Waals surface area contributed by atoms with Gasteiger partial charge in [0.15, 0.2) is 0 Å². The summed E-state index contributed by atoms with van der Waals surface area (Å²) in [5.74, 6) is -2.77. The van der Waals surface area contributed by atoms with Crippen LogP contribution in [0.5, 0.6) is 0 Å². The van der Waals surface area contributed by atoms with E-state index >= 15 is 0 Å². The number of hydrogen-bond acceptors (Lipinski definition) is 4. The van der Waals surface area contributed by atoms with E-state index in [4.69, 9.17) is 9.84 Å². The van der Waals surface area contributed by atoms with Gasteiger partial charge in [0.05, 0.1) is 17.7 Å². The Labute approximate surface area is 195 Å². The SMILES string of the molecule is CC(CC(=O)O)NC(=O)c1cccc(F)c1NC(=O)OCC1c2ccccc2-c2ccccc21. The molecule has 3 aromatic rings. The zero-order valence-electron chi connectivity index (χ0n) is 18.4. The van der Waals surface area contributed by atoms with Gasteiger partial charge in [-0.3, -0.25) is 14.9 Å². The molecule has 0 radical (unpaired) electrons. The van der Waals surface area contributed by atoms with E-state index in [1.165, 1.54) is 19.1 Å². The average molecular weight is 462 g/mol. The molecule has 34 heavy (non-hydrogen) atoms. The van der Waals surface area contributed by atoms with Crippen LogP contribution in [0.15, 0.2) is 66.7 Å². The first kappa shape index (κ1) is 23.0. The molecule has 7 nitrogen and oxygen atoms in total. The molecular formula is C26H23FN2O5. The van der Waals surface area contributed by atoms with E-state index in [2.05, 4.69) is 10.6 Å². The maximum Gasteiger partial charge on any atom is 0.411 e. The number of hydrogen-bond donors (Lipinski definition) is 3. The van der Waals surface area contributed by atoms with Crippen molar-refractivity contribution in [1.29, 1.82) is 0 Å². The number of aliphatic carboxylic acids is 1. The summed E-state index contributed by atoms with van der Waals surface area (Å²) < 4.78 is 20.0. The number of amides is 2. The first-order valence-electron chi connectivity index (χ1n) is 10.8. The number of nitrogens with one attached hydrogen (secondary N) is 2. The first-order chi connectivity index (χ1) is 16.3. The zero-order valence-corrected chi connectivity index (χ0v) is 18.4. The highest BCUT2D eigenvalue weighted by molar-refractivity contribution is 6.03. The first-order valence-corrected chi connectivity index (χ1v) is 10.8. The minimum atomic E-state index is -1.08. The second-order valence-corrected chi connectivity index (χ2v) is 8.09. The van der Waals surface area contributed by atoms with Gasteiger partial charge < -0.3 is 15.2 Å². The summed E-state index contributed by atoms with van der Waals surface area (Å²) in [5.41, 5.74) is 3.77. The largest absolute Gasteiger partial charge is 0.481 e. The molecule has 0 saturated carbocycles. The van der Waals surface area contributed by atoms with Crippen molar-refractivity contribution < 1.29 is 28.6 Å². The quantitative estimate of drug-likeness (QED) is 0.469. The molecule has 4 rings (SSSR count). The third-order valence-corrected chi connectivity index (χ3v) is 5.69. The predicted molar refractivity (Wildman–Crippen MR) is 124 cm³/mol. The fourth-order valence-corrected chi connectivity index (χ4v) is 4.19. The summed E-state index contributed by atoms with van der Waals surface area (Å²) in [6, 6.07) is 18.8. The molecule has 0 saturated heterocycles. The number of carbonyl (C=O) groups excluding carboxylic acids is 2. The molecule has 1 aliphatic carbocycles. The monoisotopic (exact) mass is 462 g/mol. The van der Waals surface area contributed by atoms with Gasteiger partial charge in [-0.1, -0.05) is 54.6 Å². The van der Waals surface area contributed by atoms with Gasteiger partial charge >= 0.3 is 12.1 Å². The Morgan fingerprint density at radius 1 is 0.971 bits per heavy atom. The number of rotatable bonds is 7. The number of carbonyl (C=O) groups is 3. The molecular weight excluding hydrogens is 439 g/mol. The number of carboxylic acids is 1. The van der Waals surface area contributed by atoms with Crippen LogP contribution in [0.25, 0.3) is 11.1 Å². The van der Waals surface area contributed by atoms with E-state index in [1.807, 2.05) is 48.5 Å². The number of carboxylic acid groups (broad SMARTS) is 1. The van der Waals surface area contributed by atoms with Crippen molar-refractivity contribution >= 4 is 23.7 Å². The summed E-state index contributed by atoms with van der Waals surface area (Å²) >= 11 is 0. The molecule has 3 N–H and O–H groups in total. The molecule has 0 fully saturated rings. The number of ether oxygens (including phenoxy) is 1. The Kier molecular flexibility index (Phi) is 6.58. The number of anilines is 1. The summed E-state index contributed by atoms with van der Waals surface area (Å²) in [5, 5.41) is 13.7. The highest BCUT2D eigenvalue weighted by Crippen LogP contribution is 2.44. The molecule has 0 bridgehead atoms. The topological polar surface area (TPSA) is 105 Å². The van der Waals surface area contributed by atoms with Crippen molar-refractivity contribution in [3.63, 3.8) is 0 Å². The van der Waals surface area contributed by atoms with Crippen molar-refractivity contribution in [1.82, 2.24) is 5.32 Å². The van der Waals surface area contributed by atoms with Crippen LogP contribution in [0, 0.1) is 5.82 Å². The van der Waals surface area contributed by atoms with Gasteiger partial charge in [0.2, 0.25) is 0 Å². The van der Waals surface area contributed by atoms with Crippen molar-refractivity contribution in [2.45, 2.75) is 25.3 Å². The van der Waals surface area contributed by atoms with Gasteiger partial charge in [0.1, 0.15) is 12.4 Å². The maximum absolute atomic E-state index is 14.5. The van der Waals surface area contributed by atoms with Crippen molar-refractivity contribution in [3.8, 4) is 11.1 Å². The summed E-state index contributed by atoms with van der Waals surface area (Å²) in [6.07, 6.45) is -1.20. The Balaban J connectivity index is 1.47. The van der Waals surface area contributed by atoms with E-state index in [0.29, 0.717) is 0 Å². The van der Waals surface area contributed by atoms with Crippen LogP contribution in [0.1, 0.15) is 40.7 Å². The van der Waals surface area contributed by atoms with Crippen LogP contribution in [-0.4, -0.2) is 35.7 Å². The van der Waals surface area contributed by atoms with Crippen LogP contribution in [0.4, 0.5) is 14.9 Å². The Hall–Kier alpha value is -4.20. The normalized spacial score (nSPS) is 12.9. The minimum absolute atomic E-state index is 0.0332. The van der Waals surface area contributed by atoms with Gasteiger partial charge in [-0.25, -0.2) is 9.18 Å². The fraction of sp³-hybridized carbons (Fsp3) is 0.192. The smallest absolute Gasteiger partial charge is 0.411 e.